The number of hydrogen-bond donors (Lipinski definition) is 1. The highest BCUT2D eigenvalue weighted by atomic mass is 19.1. The molecule has 2 amide bonds. The molecule has 0 aliphatic carbocycles. The van der Waals surface area contributed by atoms with E-state index in [4.69, 9.17) is 4.98 Å². The van der Waals surface area contributed by atoms with Crippen LogP contribution < -0.4 is 20.0 Å². The summed E-state index contributed by atoms with van der Waals surface area (Å²) in [7, 11) is 0. The molecule has 1 aromatic carbocycles. The Balaban J connectivity index is 1.34. The normalized spacial score (nSPS) is 21.3. The summed E-state index contributed by atoms with van der Waals surface area (Å²) in [6, 6.07) is 17.4. The Bertz CT molecular complexity index is 1190. The van der Waals surface area contributed by atoms with Crippen molar-refractivity contribution in [1.82, 2.24) is 9.97 Å². The van der Waals surface area contributed by atoms with E-state index in [1.54, 1.807) is 17.2 Å². The molecule has 6 rings (SSSR count). The van der Waals surface area contributed by atoms with Gasteiger partial charge < -0.3 is 9.80 Å². The van der Waals surface area contributed by atoms with E-state index in [9.17, 15) is 9.18 Å². The summed E-state index contributed by atoms with van der Waals surface area (Å²) in [6.07, 6.45) is 2.35. The lowest BCUT2D eigenvalue weighted by atomic mass is 10.1. The second-order valence-corrected chi connectivity index (χ2v) is 8.83. The molecule has 2 atom stereocenters. The van der Waals surface area contributed by atoms with E-state index < -0.39 is 6.17 Å². The zero-order chi connectivity index (χ0) is 22.4. The van der Waals surface area contributed by atoms with E-state index in [0.717, 1.165) is 48.7 Å². The Morgan fingerprint density at radius 2 is 1.91 bits per heavy atom. The Morgan fingerprint density at radius 3 is 2.73 bits per heavy atom. The van der Waals surface area contributed by atoms with Crippen LogP contribution in [0.15, 0.2) is 60.8 Å². The molecule has 3 aromatic rings. The van der Waals surface area contributed by atoms with Crippen molar-refractivity contribution in [2.24, 2.45) is 0 Å². The summed E-state index contributed by atoms with van der Waals surface area (Å²) >= 11 is 0. The maximum atomic E-state index is 13.7. The first kappa shape index (κ1) is 20.0. The van der Waals surface area contributed by atoms with E-state index in [0.29, 0.717) is 24.6 Å². The van der Waals surface area contributed by atoms with Crippen LogP contribution in [0.2, 0.25) is 0 Å². The number of rotatable bonds is 3. The lowest BCUT2D eigenvalue weighted by molar-refractivity contribution is 0.254. The smallest absolute Gasteiger partial charge is 0.329 e. The maximum absolute atomic E-state index is 13.7. The number of amides is 2. The highest BCUT2D eigenvalue weighted by Gasteiger charge is 2.40. The van der Waals surface area contributed by atoms with Crippen LogP contribution in [0.5, 0.6) is 0 Å². The van der Waals surface area contributed by atoms with Crippen LogP contribution in [0.3, 0.4) is 0 Å². The SMILES string of the molecule is O=C(Nc1ccccn1)N1c2nc(-c3cccc(N4CC[C@@H](F)C4)c3)ccc2N2CC[C@H]1C2. The average Bonchev–Trinajstić information content (AvgIpc) is 3.47. The lowest BCUT2D eigenvalue weighted by Crippen LogP contribution is -2.48. The number of hydrogen-bond acceptors (Lipinski definition) is 5. The summed E-state index contributed by atoms with van der Waals surface area (Å²) in [6.45, 7) is 2.86. The number of aromatic nitrogens is 2. The number of alkyl halides is 1. The van der Waals surface area contributed by atoms with Gasteiger partial charge in [-0.3, -0.25) is 10.2 Å². The molecular weight excluding hydrogens is 419 g/mol. The van der Waals surface area contributed by atoms with Crippen molar-refractivity contribution < 1.29 is 9.18 Å². The molecule has 2 bridgehead atoms. The van der Waals surface area contributed by atoms with Crippen LogP contribution in [0, 0.1) is 0 Å². The molecule has 3 aliphatic heterocycles. The van der Waals surface area contributed by atoms with E-state index >= 15 is 0 Å². The third-order valence-corrected chi connectivity index (χ3v) is 6.71. The Hall–Kier alpha value is -3.68. The molecule has 0 spiro atoms. The molecule has 0 saturated carbocycles. The molecule has 33 heavy (non-hydrogen) atoms. The van der Waals surface area contributed by atoms with Gasteiger partial charge in [-0.25, -0.2) is 19.2 Å². The quantitative estimate of drug-likeness (QED) is 0.652. The summed E-state index contributed by atoms with van der Waals surface area (Å²) < 4.78 is 13.7. The van der Waals surface area contributed by atoms with E-state index in [1.807, 2.05) is 36.4 Å². The molecule has 3 aliphatic rings. The van der Waals surface area contributed by atoms with Crippen molar-refractivity contribution >= 4 is 29.0 Å². The average molecular weight is 445 g/mol. The van der Waals surface area contributed by atoms with Crippen LogP contribution >= 0.6 is 0 Å². The van der Waals surface area contributed by atoms with Crippen molar-refractivity contribution in [2.75, 3.05) is 46.2 Å². The fourth-order valence-electron chi connectivity index (χ4n) is 5.05. The second kappa shape index (κ2) is 8.03. The molecule has 168 valence electrons. The van der Waals surface area contributed by atoms with Crippen molar-refractivity contribution in [3.8, 4) is 11.3 Å². The van der Waals surface area contributed by atoms with Crippen molar-refractivity contribution in [3.05, 3.63) is 60.8 Å². The van der Waals surface area contributed by atoms with Gasteiger partial charge >= 0.3 is 6.03 Å². The van der Waals surface area contributed by atoms with Crippen LogP contribution in [-0.2, 0) is 0 Å². The lowest BCUT2D eigenvalue weighted by Gasteiger charge is -2.35. The maximum Gasteiger partial charge on any atom is 0.329 e. The minimum absolute atomic E-state index is 0.0707. The van der Waals surface area contributed by atoms with Gasteiger partial charge in [-0.05, 0) is 49.2 Å². The van der Waals surface area contributed by atoms with Crippen LogP contribution in [0.1, 0.15) is 12.8 Å². The largest absolute Gasteiger partial charge is 0.368 e. The van der Waals surface area contributed by atoms with Gasteiger partial charge in [-0.15, -0.1) is 0 Å². The van der Waals surface area contributed by atoms with Crippen LogP contribution in [0.4, 0.5) is 32.2 Å². The van der Waals surface area contributed by atoms with Gasteiger partial charge in [-0.1, -0.05) is 18.2 Å². The minimum Gasteiger partial charge on any atom is -0.368 e. The number of halogens is 1. The van der Waals surface area contributed by atoms with E-state index in [2.05, 4.69) is 32.2 Å². The summed E-state index contributed by atoms with van der Waals surface area (Å²) in [4.78, 5) is 28.6. The highest BCUT2D eigenvalue weighted by molar-refractivity contribution is 6.04. The third-order valence-electron chi connectivity index (χ3n) is 6.71. The minimum atomic E-state index is -0.772. The van der Waals surface area contributed by atoms with Gasteiger partial charge in [0.1, 0.15) is 12.0 Å². The van der Waals surface area contributed by atoms with Crippen LogP contribution in [0.25, 0.3) is 11.3 Å². The number of pyridine rings is 2. The molecule has 1 N–H and O–H groups in total. The summed E-state index contributed by atoms with van der Waals surface area (Å²) in [5, 5.41) is 2.92. The Labute approximate surface area is 191 Å². The molecule has 5 heterocycles. The fraction of sp³-hybridized carbons (Fsp3) is 0.320. The number of anilines is 4. The van der Waals surface area contributed by atoms with Crippen molar-refractivity contribution in [1.29, 1.82) is 0 Å². The van der Waals surface area contributed by atoms with Gasteiger partial charge in [0.25, 0.3) is 0 Å². The molecule has 2 fully saturated rings. The first-order chi connectivity index (χ1) is 16.2. The second-order valence-electron chi connectivity index (χ2n) is 8.83. The predicted molar refractivity (Wildman–Crippen MR) is 128 cm³/mol. The van der Waals surface area contributed by atoms with Crippen LogP contribution in [-0.4, -0.2) is 54.4 Å². The first-order valence-electron chi connectivity index (χ1n) is 11.4. The molecule has 2 aromatic heterocycles. The number of urea groups is 1. The zero-order valence-electron chi connectivity index (χ0n) is 18.2. The number of fused-ring (bicyclic) bond motifs is 4. The standard InChI is InChI=1S/C25H25FN6O/c26-18-9-12-30(15-18)19-5-3-4-17(14-19)21-7-8-22-24(28-21)32(20-10-13-31(22)16-20)25(33)29-23-6-1-2-11-27-23/h1-8,11,14,18,20H,9-10,12-13,15-16H2,(H,27,29,33)/t18-,20+/m1/s1. The number of carbonyl (C=O) groups excluding carboxylic acids is 1. The van der Waals surface area contributed by atoms with Gasteiger partial charge in [0.15, 0.2) is 5.82 Å². The zero-order valence-corrected chi connectivity index (χ0v) is 18.2. The number of nitrogens with one attached hydrogen (secondary N) is 1. The van der Waals surface area contributed by atoms with Gasteiger partial charge in [0, 0.05) is 43.6 Å². The molecule has 2 saturated heterocycles. The first-order valence-corrected chi connectivity index (χ1v) is 11.4. The number of benzene rings is 1. The van der Waals surface area contributed by atoms with Gasteiger partial charge in [-0.2, -0.15) is 0 Å². The fourth-order valence-corrected chi connectivity index (χ4v) is 5.05. The summed E-state index contributed by atoms with van der Waals surface area (Å²) in [5.74, 6) is 1.19. The molecule has 0 unspecified atom stereocenters. The van der Waals surface area contributed by atoms with Gasteiger partial charge in [0.05, 0.1) is 17.4 Å². The molecular formula is C25H25FN6O. The molecule has 0 radical (unpaired) electrons. The Morgan fingerprint density at radius 1 is 1.00 bits per heavy atom. The van der Waals surface area contributed by atoms with Gasteiger partial charge in [0.2, 0.25) is 0 Å². The molecule has 7 nitrogen and oxygen atoms in total. The number of nitrogens with zero attached hydrogens (tertiary/aromatic N) is 5. The monoisotopic (exact) mass is 444 g/mol. The topological polar surface area (TPSA) is 64.6 Å². The third kappa shape index (κ3) is 3.65. The van der Waals surface area contributed by atoms with Crippen molar-refractivity contribution in [2.45, 2.75) is 25.1 Å². The Kier molecular flexibility index (Phi) is 4.86. The van der Waals surface area contributed by atoms with E-state index in [-0.39, 0.29) is 12.1 Å². The predicted octanol–water partition coefficient (Wildman–Crippen LogP) is 4.32. The number of carbonyl (C=O) groups is 1. The summed E-state index contributed by atoms with van der Waals surface area (Å²) in [5.41, 5.74) is 3.72. The molecule has 8 heteroatoms. The van der Waals surface area contributed by atoms with E-state index in [1.165, 1.54) is 0 Å². The highest BCUT2D eigenvalue weighted by Crippen LogP contribution is 2.40. The van der Waals surface area contributed by atoms with Crippen molar-refractivity contribution in [3.63, 3.8) is 0 Å².